The van der Waals surface area contributed by atoms with E-state index >= 15 is 0 Å². The summed E-state index contributed by atoms with van der Waals surface area (Å²) in [6, 6.07) is 13.6. The molecule has 1 atom stereocenters. The molecular weight excluding hydrogens is 318 g/mol. The highest BCUT2D eigenvalue weighted by Gasteiger charge is 2.15. The number of pyridine rings is 1. The highest BCUT2D eigenvalue weighted by Crippen LogP contribution is 2.11. The second-order valence-corrected chi connectivity index (χ2v) is 5.92. The quantitative estimate of drug-likeness (QED) is 0.846. The predicted molar refractivity (Wildman–Crippen MR) is 95.7 cm³/mol. The number of amides is 2. The first kappa shape index (κ1) is 17.4. The molecule has 1 aliphatic rings. The summed E-state index contributed by atoms with van der Waals surface area (Å²) in [5.74, 6) is 0. The first-order chi connectivity index (χ1) is 12.3. The number of anilines is 1. The minimum atomic E-state index is -0.240. The molecule has 6 heteroatoms. The SMILES string of the molecule is O=C(NC[C@H]1COCCO1)Nc1ccc(CCc2ccccn2)cc1. The van der Waals surface area contributed by atoms with Crippen molar-refractivity contribution in [1.82, 2.24) is 10.3 Å². The van der Waals surface area contributed by atoms with Gasteiger partial charge in [0.05, 0.1) is 25.9 Å². The van der Waals surface area contributed by atoms with Gasteiger partial charge < -0.3 is 20.1 Å². The van der Waals surface area contributed by atoms with Gasteiger partial charge in [0.2, 0.25) is 0 Å². The van der Waals surface area contributed by atoms with E-state index in [4.69, 9.17) is 9.47 Å². The largest absolute Gasteiger partial charge is 0.376 e. The fourth-order valence-corrected chi connectivity index (χ4v) is 2.61. The zero-order valence-electron chi connectivity index (χ0n) is 14.1. The van der Waals surface area contributed by atoms with Gasteiger partial charge in [0.25, 0.3) is 0 Å². The summed E-state index contributed by atoms with van der Waals surface area (Å²) in [7, 11) is 0. The number of aryl methyl sites for hydroxylation is 2. The summed E-state index contributed by atoms with van der Waals surface area (Å²) in [6.07, 6.45) is 3.55. The first-order valence-electron chi connectivity index (χ1n) is 8.52. The Labute approximate surface area is 147 Å². The van der Waals surface area contributed by atoms with Crippen LogP contribution in [0.5, 0.6) is 0 Å². The van der Waals surface area contributed by atoms with Crippen molar-refractivity contribution in [3.63, 3.8) is 0 Å². The van der Waals surface area contributed by atoms with Crippen LogP contribution in [0.2, 0.25) is 0 Å². The van der Waals surface area contributed by atoms with Crippen molar-refractivity contribution in [2.45, 2.75) is 18.9 Å². The second-order valence-electron chi connectivity index (χ2n) is 5.92. The molecule has 1 aliphatic heterocycles. The number of carbonyl (C=O) groups is 1. The molecule has 1 aromatic carbocycles. The van der Waals surface area contributed by atoms with Crippen molar-refractivity contribution in [1.29, 1.82) is 0 Å². The van der Waals surface area contributed by atoms with E-state index in [0.717, 1.165) is 24.2 Å². The van der Waals surface area contributed by atoms with E-state index in [1.807, 2.05) is 48.7 Å². The van der Waals surface area contributed by atoms with Crippen LogP contribution in [-0.2, 0) is 22.3 Å². The van der Waals surface area contributed by atoms with E-state index in [9.17, 15) is 4.79 Å². The number of ether oxygens (including phenoxy) is 2. The zero-order valence-corrected chi connectivity index (χ0v) is 14.1. The Morgan fingerprint density at radius 3 is 2.72 bits per heavy atom. The zero-order chi connectivity index (χ0) is 17.3. The van der Waals surface area contributed by atoms with Crippen LogP contribution >= 0.6 is 0 Å². The van der Waals surface area contributed by atoms with Crippen molar-refractivity contribution >= 4 is 11.7 Å². The summed E-state index contributed by atoms with van der Waals surface area (Å²) in [6.45, 7) is 2.16. The molecule has 0 radical (unpaired) electrons. The Kier molecular flexibility index (Phi) is 6.36. The third-order valence-corrected chi connectivity index (χ3v) is 3.98. The molecule has 0 spiro atoms. The maximum atomic E-state index is 11.9. The monoisotopic (exact) mass is 341 g/mol. The molecule has 3 rings (SSSR count). The normalized spacial score (nSPS) is 17.0. The smallest absolute Gasteiger partial charge is 0.319 e. The molecule has 1 aromatic heterocycles. The molecule has 0 aliphatic carbocycles. The van der Waals surface area contributed by atoms with Gasteiger partial charge in [-0.2, -0.15) is 0 Å². The number of carbonyl (C=O) groups excluding carboxylic acids is 1. The Morgan fingerprint density at radius 2 is 2.00 bits per heavy atom. The van der Waals surface area contributed by atoms with Crippen molar-refractivity contribution < 1.29 is 14.3 Å². The molecule has 6 nitrogen and oxygen atoms in total. The highest BCUT2D eigenvalue weighted by molar-refractivity contribution is 5.89. The Morgan fingerprint density at radius 1 is 1.12 bits per heavy atom. The number of hydrogen-bond donors (Lipinski definition) is 2. The van der Waals surface area contributed by atoms with Gasteiger partial charge in [-0.3, -0.25) is 4.98 Å². The standard InChI is InChI=1S/C19H23N3O3/c23-19(21-13-18-14-24-11-12-25-18)22-17-8-5-15(6-9-17)4-7-16-3-1-2-10-20-16/h1-3,5-6,8-10,18H,4,7,11-14H2,(H2,21,22,23)/t18-/m0/s1. The van der Waals surface area contributed by atoms with Crippen molar-refractivity contribution in [2.24, 2.45) is 0 Å². The molecule has 1 fully saturated rings. The van der Waals surface area contributed by atoms with Crippen molar-refractivity contribution in [3.05, 3.63) is 59.9 Å². The van der Waals surface area contributed by atoms with E-state index < -0.39 is 0 Å². The lowest BCUT2D eigenvalue weighted by Crippen LogP contribution is -2.41. The van der Waals surface area contributed by atoms with Gasteiger partial charge in [0.15, 0.2) is 0 Å². The van der Waals surface area contributed by atoms with Crippen molar-refractivity contribution in [3.8, 4) is 0 Å². The summed E-state index contributed by atoms with van der Waals surface area (Å²) < 4.78 is 10.8. The lowest BCUT2D eigenvalue weighted by atomic mass is 10.1. The summed E-state index contributed by atoms with van der Waals surface area (Å²) >= 11 is 0. The summed E-state index contributed by atoms with van der Waals surface area (Å²) in [5, 5.41) is 5.62. The third kappa shape index (κ3) is 5.85. The van der Waals surface area contributed by atoms with E-state index in [1.165, 1.54) is 5.56 Å². The Bertz CT molecular complexity index is 655. The Balaban J connectivity index is 1.41. The van der Waals surface area contributed by atoms with Crippen molar-refractivity contribution in [2.75, 3.05) is 31.7 Å². The number of nitrogens with zero attached hydrogens (tertiary/aromatic N) is 1. The molecule has 2 amide bonds. The molecular formula is C19H23N3O3. The van der Waals surface area contributed by atoms with Gasteiger partial charge in [-0.25, -0.2) is 4.79 Å². The summed E-state index contributed by atoms with van der Waals surface area (Å²) in [5.41, 5.74) is 3.06. The third-order valence-electron chi connectivity index (χ3n) is 3.98. The van der Waals surface area contributed by atoms with Gasteiger partial charge in [-0.05, 0) is 42.7 Å². The lowest BCUT2D eigenvalue weighted by Gasteiger charge is -2.23. The van der Waals surface area contributed by atoms with Crippen LogP contribution in [0.1, 0.15) is 11.3 Å². The molecule has 0 bridgehead atoms. The van der Waals surface area contributed by atoms with E-state index in [-0.39, 0.29) is 12.1 Å². The van der Waals surface area contributed by atoms with Gasteiger partial charge in [-0.1, -0.05) is 18.2 Å². The van der Waals surface area contributed by atoms with Crippen LogP contribution in [0.4, 0.5) is 10.5 Å². The second kappa shape index (κ2) is 9.15. The van der Waals surface area contributed by atoms with Crippen LogP contribution in [0.15, 0.2) is 48.7 Å². The molecule has 2 heterocycles. The first-order valence-corrected chi connectivity index (χ1v) is 8.52. The van der Waals surface area contributed by atoms with Crippen LogP contribution < -0.4 is 10.6 Å². The van der Waals surface area contributed by atoms with Gasteiger partial charge in [-0.15, -0.1) is 0 Å². The van der Waals surface area contributed by atoms with Crippen LogP contribution in [0.25, 0.3) is 0 Å². The topological polar surface area (TPSA) is 72.5 Å². The lowest BCUT2D eigenvalue weighted by molar-refractivity contribution is -0.0852. The number of urea groups is 1. The highest BCUT2D eigenvalue weighted by atomic mass is 16.6. The van der Waals surface area contributed by atoms with Gasteiger partial charge in [0, 0.05) is 24.1 Å². The number of aromatic nitrogens is 1. The van der Waals surface area contributed by atoms with E-state index in [1.54, 1.807) is 0 Å². The minimum absolute atomic E-state index is 0.0755. The maximum absolute atomic E-state index is 11.9. The number of hydrogen-bond acceptors (Lipinski definition) is 4. The average Bonchev–Trinajstić information content (AvgIpc) is 2.67. The van der Waals surface area contributed by atoms with Crippen LogP contribution in [0.3, 0.4) is 0 Å². The number of benzene rings is 1. The Hall–Kier alpha value is -2.44. The average molecular weight is 341 g/mol. The van der Waals surface area contributed by atoms with Gasteiger partial charge in [0.1, 0.15) is 0 Å². The molecule has 1 saturated heterocycles. The molecule has 2 N–H and O–H groups in total. The van der Waals surface area contributed by atoms with Crippen LogP contribution in [-0.4, -0.2) is 43.5 Å². The molecule has 2 aromatic rings. The molecule has 0 unspecified atom stereocenters. The predicted octanol–water partition coefficient (Wildman–Crippen LogP) is 2.40. The fourth-order valence-electron chi connectivity index (χ4n) is 2.61. The summed E-state index contributed by atoms with van der Waals surface area (Å²) in [4.78, 5) is 16.2. The van der Waals surface area contributed by atoms with Crippen LogP contribution in [0, 0.1) is 0 Å². The number of nitrogens with one attached hydrogen (secondary N) is 2. The van der Waals surface area contributed by atoms with Gasteiger partial charge >= 0.3 is 6.03 Å². The molecule has 132 valence electrons. The number of rotatable bonds is 6. The molecule has 0 saturated carbocycles. The molecule has 25 heavy (non-hydrogen) atoms. The van der Waals surface area contributed by atoms with E-state index in [0.29, 0.717) is 26.4 Å². The minimum Gasteiger partial charge on any atom is -0.376 e. The maximum Gasteiger partial charge on any atom is 0.319 e. The van der Waals surface area contributed by atoms with E-state index in [2.05, 4.69) is 15.6 Å². The fraction of sp³-hybridized carbons (Fsp3) is 0.368.